The average Bonchev–Trinajstić information content (AvgIpc) is 2.89. The van der Waals surface area contributed by atoms with Crippen LogP contribution in [0.25, 0.3) is 0 Å². The van der Waals surface area contributed by atoms with Crippen LogP contribution in [-0.2, 0) is 48.2 Å². The smallest absolute Gasteiger partial charge is 0.467 e. The Morgan fingerprint density at radius 3 is 2.10 bits per heavy atom. The standard InChI is InChI=1S/C28H49O10PSi/c1-9-11-18-34-39(31,35-19-12-10-2)37-27-22(29)23(33-20-21-16-14-13-15-17-21)24(25(36-27)26(30)32-6)38-40(7,8)28(3,4)5/h13-17,22-25,27,29H,9-12,18-20H2,1-8H3/t22-,23-,24+,25+,27+/m1/s1. The highest BCUT2D eigenvalue weighted by Crippen LogP contribution is 2.52. The van der Waals surface area contributed by atoms with Gasteiger partial charge < -0.3 is 23.7 Å². The molecular formula is C28H49O10PSi. The van der Waals surface area contributed by atoms with E-state index in [0.717, 1.165) is 18.4 Å². The Morgan fingerprint density at radius 1 is 1.02 bits per heavy atom. The van der Waals surface area contributed by atoms with Crippen LogP contribution in [0.15, 0.2) is 30.3 Å². The molecule has 0 saturated carbocycles. The second-order valence-electron chi connectivity index (χ2n) is 11.5. The fourth-order valence-corrected chi connectivity index (χ4v) is 6.31. The number of aliphatic hydroxyl groups excluding tert-OH is 1. The Bertz CT molecular complexity index is 925. The van der Waals surface area contributed by atoms with Gasteiger partial charge in [-0.05, 0) is 36.5 Å². The molecule has 230 valence electrons. The third-order valence-corrected chi connectivity index (χ3v) is 13.1. The molecule has 40 heavy (non-hydrogen) atoms. The number of hydrogen-bond acceptors (Lipinski definition) is 10. The SMILES string of the molecule is CCCCOP(=O)(OCCCC)O[C@@H]1O[C@H](C(=O)OC)[C@@H](O[Si](C)(C)C(C)(C)C)[C@H](OCc2ccccc2)[C@H]1O. The van der Waals surface area contributed by atoms with Crippen molar-refractivity contribution in [3.63, 3.8) is 0 Å². The summed E-state index contributed by atoms with van der Waals surface area (Å²) in [6.07, 6.45) is -3.61. The van der Waals surface area contributed by atoms with Crippen LogP contribution in [0.3, 0.4) is 0 Å². The van der Waals surface area contributed by atoms with E-state index in [4.69, 9.17) is 32.2 Å². The van der Waals surface area contributed by atoms with Gasteiger partial charge in [0.25, 0.3) is 0 Å². The van der Waals surface area contributed by atoms with Gasteiger partial charge in [0.2, 0.25) is 0 Å². The second-order valence-corrected chi connectivity index (χ2v) is 17.8. The van der Waals surface area contributed by atoms with Crippen LogP contribution < -0.4 is 0 Å². The van der Waals surface area contributed by atoms with Gasteiger partial charge in [-0.15, -0.1) is 0 Å². The summed E-state index contributed by atoms with van der Waals surface area (Å²) in [5.74, 6) is -0.730. The van der Waals surface area contributed by atoms with Crippen molar-refractivity contribution in [2.75, 3.05) is 20.3 Å². The van der Waals surface area contributed by atoms with Crippen LogP contribution in [0.1, 0.15) is 65.9 Å². The Morgan fingerprint density at radius 2 is 1.60 bits per heavy atom. The van der Waals surface area contributed by atoms with Crippen LogP contribution >= 0.6 is 7.82 Å². The van der Waals surface area contributed by atoms with E-state index in [1.54, 1.807) is 0 Å². The number of aliphatic hydroxyl groups is 1. The Labute approximate surface area is 240 Å². The number of phosphoric ester groups is 1. The van der Waals surface area contributed by atoms with Crippen molar-refractivity contribution in [2.24, 2.45) is 0 Å². The molecule has 2 rings (SSSR count). The van der Waals surface area contributed by atoms with E-state index in [1.165, 1.54) is 7.11 Å². The summed E-state index contributed by atoms with van der Waals surface area (Å²) in [4.78, 5) is 13.0. The zero-order chi connectivity index (χ0) is 30.0. The summed E-state index contributed by atoms with van der Waals surface area (Å²) in [6, 6.07) is 9.42. The average molecular weight is 605 g/mol. The van der Waals surface area contributed by atoms with Gasteiger partial charge in [0, 0.05) is 0 Å². The van der Waals surface area contributed by atoms with Crippen LogP contribution in [0, 0.1) is 0 Å². The van der Waals surface area contributed by atoms with Gasteiger partial charge in [-0.25, -0.2) is 9.36 Å². The molecule has 12 heteroatoms. The third kappa shape index (κ3) is 9.99. The lowest BCUT2D eigenvalue weighted by atomic mass is 9.98. The minimum absolute atomic E-state index is 0.123. The van der Waals surface area contributed by atoms with Crippen molar-refractivity contribution in [2.45, 2.75) is 116 Å². The summed E-state index contributed by atoms with van der Waals surface area (Å²) in [5.41, 5.74) is 0.857. The molecule has 5 atom stereocenters. The molecule has 1 aromatic carbocycles. The van der Waals surface area contributed by atoms with Gasteiger partial charge in [0.15, 0.2) is 20.7 Å². The number of rotatable bonds is 16. The lowest BCUT2D eigenvalue weighted by Gasteiger charge is -2.48. The maximum Gasteiger partial charge on any atom is 0.477 e. The molecule has 1 aliphatic heterocycles. The molecule has 1 heterocycles. The van der Waals surface area contributed by atoms with E-state index in [9.17, 15) is 14.5 Å². The van der Waals surface area contributed by atoms with Gasteiger partial charge >= 0.3 is 13.8 Å². The van der Waals surface area contributed by atoms with Crippen molar-refractivity contribution >= 4 is 22.1 Å². The molecule has 1 aliphatic rings. The second kappa shape index (κ2) is 15.9. The minimum Gasteiger partial charge on any atom is -0.467 e. The predicted molar refractivity (Wildman–Crippen MR) is 154 cm³/mol. The largest absolute Gasteiger partial charge is 0.477 e. The van der Waals surface area contributed by atoms with Gasteiger partial charge in [-0.1, -0.05) is 77.8 Å². The lowest BCUT2D eigenvalue weighted by molar-refractivity contribution is -0.282. The van der Waals surface area contributed by atoms with Crippen LogP contribution in [0.5, 0.6) is 0 Å². The highest BCUT2D eigenvalue weighted by atomic mass is 31.2. The molecule has 0 unspecified atom stereocenters. The first-order valence-corrected chi connectivity index (χ1v) is 18.5. The van der Waals surface area contributed by atoms with E-state index >= 15 is 0 Å². The van der Waals surface area contributed by atoms with E-state index in [1.807, 2.05) is 57.3 Å². The fourth-order valence-electron chi connectivity index (χ4n) is 3.69. The van der Waals surface area contributed by atoms with Crippen molar-refractivity contribution in [3.05, 3.63) is 35.9 Å². The van der Waals surface area contributed by atoms with E-state index < -0.39 is 52.8 Å². The zero-order valence-corrected chi connectivity index (χ0v) is 27.2. The van der Waals surface area contributed by atoms with Crippen molar-refractivity contribution < 1.29 is 46.7 Å². The van der Waals surface area contributed by atoms with Crippen molar-refractivity contribution in [1.82, 2.24) is 0 Å². The molecule has 0 spiro atoms. The molecule has 1 saturated heterocycles. The summed E-state index contributed by atoms with van der Waals surface area (Å²) in [5, 5.41) is 11.3. The number of methoxy groups -OCH3 is 1. The quantitative estimate of drug-likeness (QED) is 0.104. The van der Waals surface area contributed by atoms with Gasteiger partial charge in [-0.3, -0.25) is 13.6 Å². The van der Waals surface area contributed by atoms with Crippen LogP contribution in [0.4, 0.5) is 0 Å². The summed E-state index contributed by atoms with van der Waals surface area (Å²) >= 11 is 0. The number of benzene rings is 1. The van der Waals surface area contributed by atoms with Crippen molar-refractivity contribution in [3.8, 4) is 0 Å². The van der Waals surface area contributed by atoms with E-state index in [2.05, 4.69) is 20.8 Å². The number of unbranched alkanes of at least 4 members (excludes halogenated alkanes) is 2. The molecule has 0 radical (unpaired) electrons. The molecule has 10 nitrogen and oxygen atoms in total. The summed E-state index contributed by atoms with van der Waals surface area (Å²) in [7, 11) is -5.44. The molecule has 1 fully saturated rings. The molecule has 1 N–H and O–H groups in total. The zero-order valence-electron chi connectivity index (χ0n) is 25.3. The maximum absolute atomic E-state index is 13.6. The molecular weight excluding hydrogens is 555 g/mol. The molecule has 0 aliphatic carbocycles. The molecule has 0 aromatic heterocycles. The number of esters is 1. The Hall–Kier alpha value is -1.14. The van der Waals surface area contributed by atoms with Crippen molar-refractivity contribution in [1.29, 1.82) is 0 Å². The number of carbonyl (C=O) groups is 1. The third-order valence-electron chi connectivity index (χ3n) is 7.20. The summed E-state index contributed by atoms with van der Waals surface area (Å²) < 4.78 is 54.3. The lowest BCUT2D eigenvalue weighted by Crippen LogP contribution is -2.64. The number of carbonyl (C=O) groups excluding carboxylic acids is 1. The molecule has 0 amide bonds. The van der Waals surface area contributed by atoms with Gasteiger partial charge in [0.05, 0.1) is 26.9 Å². The van der Waals surface area contributed by atoms with Crippen LogP contribution in [-0.4, -0.2) is 70.4 Å². The number of ether oxygens (including phenoxy) is 3. The van der Waals surface area contributed by atoms with Crippen LogP contribution in [0.2, 0.25) is 18.1 Å². The first-order valence-electron chi connectivity index (χ1n) is 14.1. The Kier molecular flexibility index (Phi) is 13.9. The highest BCUT2D eigenvalue weighted by Gasteiger charge is 2.55. The predicted octanol–water partition coefficient (Wildman–Crippen LogP) is 5.98. The summed E-state index contributed by atoms with van der Waals surface area (Å²) in [6.45, 7) is 14.6. The van der Waals surface area contributed by atoms with Gasteiger partial charge in [-0.2, -0.15) is 0 Å². The normalized spacial score (nSPS) is 24.2. The number of hydrogen-bond donors (Lipinski definition) is 1. The highest BCUT2D eigenvalue weighted by molar-refractivity contribution is 7.48. The van der Waals surface area contributed by atoms with E-state index in [-0.39, 0.29) is 24.9 Å². The number of phosphoric acid groups is 1. The first-order chi connectivity index (χ1) is 18.8. The Balaban J connectivity index is 2.44. The van der Waals surface area contributed by atoms with Gasteiger partial charge in [0.1, 0.15) is 18.3 Å². The first kappa shape index (κ1) is 35.1. The minimum atomic E-state index is -4.17. The van der Waals surface area contributed by atoms with E-state index in [0.29, 0.717) is 12.8 Å². The maximum atomic E-state index is 13.6. The topological polar surface area (TPSA) is 119 Å². The monoisotopic (exact) mass is 604 g/mol. The molecule has 1 aromatic rings. The fraction of sp³-hybridized carbons (Fsp3) is 0.750. The molecule has 0 bridgehead atoms.